The van der Waals surface area contributed by atoms with E-state index < -0.39 is 0 Å². The SMILES string of the molecule is O=Cc1cccc2c(N3CCCCC3)ccnc12. The second-order valence-electron chi connectivity index (χ2n) is 4.74. The lowest BCUT2D eigenvalue weighted by atomic mass is 10.1. The van der Waals surface area contributed by atoms with E-state index in [0.29, 0.717) is 5.56 Å². The molecule has 1 aromatic carbocycles. The Kier molecular flexibility index (Phi) is 2.97. The zero-order valence-electron chi connectivity index (χ0n) is 10.3. The van der Waals surface area contributed by atoms with E-state index in [1.807, 2.05) is 12.1 Å². The standard InChI is InChI=1S/C15H16N2O/c18-11-12-5-4-6-13-14(7-8-16-15(12)13)17-9-2-1-3-10-17/h4-8,11H,1-3,9-10H2. The topological polar surface area (TPSA) is 33.2 Å². The molecule has 18 heavy (non-hydrogen) atoms. The maximum atomic E-state index is 11.1. The molecule has 0 unspecified atom stereocenters. The van der Waals surface area contributed by atoms with E-state index in [1.54, 1.807) is 6.20 Å². The molecular weight excluding hydrogens is 224 g/mol. The Labute approximate surface area is 106 Å². The van der Waals surface area contributed by atoms with Crippen molar-refractivity contribution in [1.29, 1.82) is 0 Å². The van der Waals surface area contributed by atoms with E-state index in [-0.39, 0.29) is 0 Å². The van der Waals surface area contributed by atoms with Gasteiger partial charge in [-0.05, 0) is 31.4 Å². The zero-order chi connectivity index (χ0) is 12.4. The molecule has 1 aliphatic rings. The lowest BCUT2D eigenvalue weighted by Crippen LogP contribution is -2.29. The minimum atomic E-state index is 0.673. The highest BCUT2D eigenvalue weighted by Crippen LogP contribution is 2.28. The molecule has 0 atom stereocenters. The summed E-state index contributed by atoms with van der Waals surface area (Å²) in [7, 11) is 0. The summed E-state index contributed by atoms with van der Waals surface area (Å²) in [5.41, 5.74) is 2.70. The number of aldehydes is 1. The Bertz CT molecular complexity index is 574. The number of hydrogen-bond donors (Lipinski definition) is 0. The number of carbonyl (C=O) groups is 1. The predicted molar refractivity (Wildman–Crippen MR) is 73.2 cm³/mol. The molecule has 1 fully saturated rings. The highest BCUT2D eigenvalue weighted by atomic mass is 16.1. The maximum Gasteiger partial charge on any atom is 0.152 e. The van der Waals surface area contributed by atoms with E-state index >= 15 is 0 Å². The van der Waals surface area contributed by atoms with Crippen molar-refractivity contribution in [3.05, 3.63) is 36.0 Å². The van der Waals surface area contributed by atoms with Gasteiger partial charge in [-0.2, -0.15) is 0 Å². The van der Waals surface area contributed by atoms with E-state index in [0.717, 1.165) is 30.3 Å². The molecule has 1 aromatic heterocycles. The molecule has 2 heterocycles. The van der Waals surface area contributed by atoms with Crippen molar-refractivity contribution in [3.8, 4) is 0 Å². The van der Waals surface area contributed by atoms with Gasteiger partial charge in [0, 0.05) is 35.9 Å². The molecule has 0 radical (unpaired) electrons. The van der Waals surface area contributed by atoms with Gasteiger partial charge in [-0.3, -0.25) is 9.78 Å². The minimum Gasteiger partial charge on any atom is -0.371 e. The van der Waals surface area contributed by atoms with Crippen molar-refractivity contribution in [3.63, 3.8) is 0 Å². The number of aromatic nitrogens is 1. The van der Waals surface area contributed by atoms with Crippen LogP contribution in [0.4, 0.5) is 5.69 Å². The van der Waals surface area contributed by atoms with Crippen LogP contribution in [0.5, 0.6) is 0 Å². The van der Waals surface area contributed by atoms with Crippen molar-refractivity contribution in [1.82, 2.24) is 4.98 Å². The fraction of sp³-hybridized carbons (Fsp3) is 0.333. The zero-order valence-corrected chi connectivity index (χ0v) is 10.3. The second-order valence-corrected chi connectivity index (χ2v) is 4.74. The van der Waals surface area contributed by atoms with Gasteiger partial charge in [-0.15, -0.1) is 0 Å². The van der Waals surface area contributed by atoms with Gasteiger partial charge in [0.2, 0.25) is 0 Å². The van der Waals surface area contributed by atoms with Crippen LogP contribution in [-0.2, 0) is 0 Å². The van der Waals surface area contributed by atoms with Crippen LogP contribution in [0.15, 0.2) is 30.5 Å². The van der Waals surface area contributed by atoms with Crippen LogP contribution in [-0.4, -0.2) is 24.4 Å². The van der Waals surface area contributed by atoms with Crippen LogP contribution in [0.1, 0.15) is 29.6 Å². The summed E-state index contributed by atoms with van der Waals surface area (Å²) in [6, 6.07) is 7.87. The van der Waals surface area contributed by atoms with Crippen molar-refractivity contribution < 1.29 is 4.79 Å². The Balaban J connectivity index is 2.14. The molecule has 3 nitrogen and oxygen atoms in total. The molecule has 0 spiro atoms. The lowest BCUT2D eigenvalue weighted by Gasteiger charge is -2.29. The summed E-state index contributed by atoms with van der Waals surface area (Å²) in [5.74, 6) is 0. The van der Waals surface area contributed by atoms with Gasteiger partial charge in [-0.1, -0.05) is 12.1 Å². The first-order valence-electron chi connectivity index (χ1n) is 6.48. The first-order chi connectivity index (χ1) is 8.90. The first-order valence-corrected chi connectivity index (χ1v) is 6.48. The summed E-state index contributed by atoms with van der Waals surface area (Å²) in [6.45, 7) is 2.20. The van der Waals surface area contributed by atoms with Gasteiger partial charge < -0.3 is 4.90 Å². The molecule has 1 aliphatic heterocycles. The highest BCUT2D eigenvalue weighted by Gasteiger charge is 2.14. The smallest absolute Gasteiger partial charge is 0.152 e. The third-order valence-corrected chi connectivity index (χ3v) is 3.60. The second kappa shape index (κ2) is 4.77. The lowest BCUT2D eigenvalue weighted by molar-refractivity contribution is 0.112. The first kappa shape index (κ1) is 11.2. The molecule has 0 bridgehead atoms. The fourth-order valence-electron chi connectivity index (χ4n) is 2.69. The largest absolute Gasteiger partial charge is 0.371 e. The summed E-state index contributed by atoms with van der Waals surface area (Å²) in [6.07, 6.45) is 6.50. The van der Waals surface area contributed by atoms with E-state index in [9.17, 15) is 4.79 Å². The number of anilines is 1. The van der Waals surface area contributed by atoms with Crippen LogP contribution < -0.4 is 4.90 Å². The molecular formula is C15H16N2O. The number of pyridine rings is 1. The van der Waals surface area contributed by atoms with Crippen molar-refractivity contribution in [2.45, 2.75) is 19.3 Å². The number of para-hydroxylation sites is 1. The van der Waals surface area contributed by atoms with Crippen molar-refractivity contribution in [2.75, 3.05) is 18.0 Å². The van der Waals surface area contributed by atoms with Gasteiger partial charge in [0.25, 0.3) is 0 Å². The van der Waals surface area contributed by atoms with Gasteiger partial charge in [-0.25, -0.2) is 0 Å². The Morgan fingerprint density at radius 1 is 1.11 bits per heavy atom. The third-order valence-electron chi connectivity index (χ3n) is 3.60. The number of benzene rings is 1. The summed E-state index contributed by atoms with van der Waals surface area (Å²) in [4.78, 5) is 17.8. The molecule has 2 aromatic rings. The predicted octanol–water partition coefficient (Wildman–Crippen LogP) is 3.04. The van der Waals surface area contributed by atoms with Crippen LogP contribution in [0.3, 0.4) is 0 Å². The van der Waals surface area contributed by atoms with Crippen molar-refractivity contribution >= 4 is 22.9 Å². The van der Waals surface area contributed by atoms with Gasteiger partial charge >= 0.3 is 0 Å². The molecule has 3 rings (SSSR count). The average molecular weight is 240 g/mol. The van der Waals surface area contributed by atoms with E-state index in [2.05, 4.69) is 22.0 Å². The summed E-state index contributed by atoms with van der Waals surface area (Å²) < 4.78 is 0. The van der Waals surface area contributed by atoms with Crippen LogP contribution >= 0.6 is 0 Å². The van der Waals surface area contributed by atoms with Gasteiger partial charge in [0.15, 0.2) is 6.29 Å². The number of nitrogens with zero attached hydrogens (tertiary/aromatic N) is 2. The van der Waals surface area contributed by atoms with Crippen LogP contribution in [0, 0.1) is 0 Å². The maximum absolute atomic E-state index is 11.1. The van der Waals surface area contributed by atoms with E-state index in [4.69, 9.17) is 0 Å². The average Bonchev–Trinajstić information content (AvgIpc) is 2.47. The number of piperidine rings is 1. The molecule has 0 saturated carbocycles. The Morgan fingerprint density at radius 2 is 1.94 bits per heavy atom. The number of rotatable bonds is 2. The van der Waals surface area contributed by atoms with Crippen LogP contribution in [0.25, 0.3) is 10.9 Å². The number of fused-ring (bicyclic) bond motifs is 1. The quantitative estimate of drug-likeness (QED) is 0.756. The highest BCUT2D eigenvalue weighted by molar-refractivity contribution is 6.01. The molecule has 0 N–H and O–H groups in total. The summed E-state index contributed by atoms with van der Waals surface area (Å²) >= 11 is 0. The molecule has 3 heteroatoms. The molecule has 0 aliphatic carbocycles. The normalized spacial score (nSPS) is 15.9. The minimum absolute atomic E-state index is 0.673. The number of hydrogen-bond acceptors (Lipinski definition) is 3. The monoisotopic (exact) mass is 240 g/mol. The van der Waals surface area contributed by atoms with Gasteiger partial charge in [0.05, 0.1) is 5.52 Å². The number of carbonyl (C=O) groups excluding carboxylic acids is 1. The molecule has 0 amide bonds. The molecule has 1 saturated heterocycles. The Hall–Kier alpha value is -1.90. The van der Waals surface area contributed by atoms with Crippen molar-refractivity contribution in [2.24, 2.45) is 0 Å². The third kappa shape index (κ3) is 1.86. The fourth-order valence-corrected chi connectivity index (χ4v) is 2.69. The van der Waals surface area contributed by atoms with Crippen LogP contribution in [0.2, 0.25) is 0 Å². The van der Waals surface area contributed by atoms with E-state index in [1.165, 1.54) is 24.9 Å². The molecule has 92 valence electrons. The Morgan fingerprint density at radius 3 is 2.72 bits per heavy atom. The van der Waals surface area contributed by atoms with Gasteiger partial charge in [0.1, 0.15) is 0 Å². The summed E-state index contributed by atoms with van der Waals surface area (Å²) in [5, 5.41) is 1.09.